The van der Waals surface area contributed by atoms with Crippen molar-refractivity contribution >= 4 is 0 Å². The normalized spacial score (nSPS) is 24.2. The summed E-state index contributed by atoms with van der Waals surface area (Å²) in [5.41, 5.74) is 1.42. The van der Waals surface area contributed by atoms with Crippen LogP contribution in [0, 0.1) is 0 Å². The van der Waals surface area contributed by atoms with Gasteiger partial charge in [0.2, 0.25) is 0 Å². The molecule has 0 aliphatic carbocycles. The molecule has 2 rings (SSSR count). The summed E-state index contributed by atoms with van der Waals surface area (Å²) in [6.07, 6.45) is 7.94. The molecule has 1 atom stereocenters. The van der Waals surface area contributed by atoms with Gasteiger partial charge in [-0.05, 0) is 37.4 Å². The van der Waals surface area contributed by atoms with Crippen molar-refractivity contribution in [3.63, 3.8) is 0 Å². The summed E-state index contributed by atoms with van der Waals surface area (Å²) in [6.45, 7) is 1.20. The predicted octanol–water partition coefficient (Wildman–Crippen LogP) is 1.31. The number of aromatic amines is 1. The highest BCUT2D eigenvalue weighted by Gasteiger charge is 2.13. The van der Waals surface area contributed by atoms with E-state index in [-0.39, 0.29) is 0 Å². The Morgan fingerprint density at radius 1 is 1.55 bits per heavy atom. The van der Waals surface area contributed by atoms with Gasteiger partial charge in [0.25, 0.3) is 0 Å². The summed E-state index contributed by atoms with van der Waals surface area (Å²) >= 11 is 0. The zero-order valence-electron chi connectivity index (χ0n) is 6.64. The highest BCUT2D eigenvalue weighted by molar-refractivity contribution is 5.10. The smallest absolute Gasteiger partial charge is 0.0108 e. The third kappa shape index (κ3) is 1.63. The Morgan fingerprint density at radius 2 is 2.55 bits per heavy atom. The van der Waals surface area contributed by atoms with Crippen molar-refractivity contribution in [2.24, 2.45) is 0 Å². The zero-order chi connectivity index (χ0) is 7.52. The average Bonchev–Trinajstić information content (AvgIpc) is 2.60. The fraction of sp³-hybridized carbons (Fsp3) is 0.556. The van der Waals surface area contributed by atoms with Gasteiger partial charge in [-0.3, -0.25) is 0 Å². The summed E-state index contributed by atoms with van der Waals surface area (Å²) in [6, 6.07) is 2.88. The van der Waals surface area contributed by atoms with E-state index in [0.29, 0.717) is 0 Å². The Bertz CT molecular complexity index is 197. The van der Waals surface area contributed by atoms with Crippen molar-refractivity contribution in [2.75, 3.05) is 6.54 Å². The van der Waals surface area contributed by atoms with Gasteiger partial charge < -0.3 is 10.3 Å². The molecular formula is C9H14N2. The second kappa shape index (κ2) is 3.09. The maximum absolute atomic E-state index is 3.48. The van der Waals surface area contributed by atoms with Gasteiger partial charge in [0.1, 0.15) is 0 Å². The molecule has 2 nitrogen and oxygen atoms in total. The first kappa shape index (κ1) is 6.92. The minimum Gasteiger partial charge on any atom is -0.367 e. The molecule has 0 bridgehead atoms. The fourth-order valence-electron chi connectivity index (χ4n) is 1.70. The summed E-state index contributed by atoms with van der Waals surface area (Å²) in [5, 5.41) is 3.48. The van der Waals surface area contributed by atoms with Gasteiger partial charge in [-0.2, -0.15) is 0 Å². The molecule has 1 fully saturated rings. The SMILES string of the molecule is c1cc(CC2CCCN2)c[nH]1. The second-order valence-corrected chi connectivity index (χ2v) is 3.22. The van der Waals surface area contributed by atoms with Crippen molar-refractivity contribution in [3.05, 3.63) is 24.0 Å². The average molecular weight is 150 g/mol. The third-order valence-electron chi connectivity index (χ3n) is 2.31. The largest absolute Gasteiger partial charge is 0.367 e. The van der Waals surface area contributed by atoms with Crippen molar-refractivity contribution in [1.82, 2.24) is 10.3 Å². The lowest BCUT2D eigenvalue weighted by atomic mass is 10.1. The van der Waals surface area contributed by atoms with Crippen LogP contribution in [-0.4, -0.2) is 17.6 Å². The fourth-order valence-corrected chi connectivity index (χ4v) is 1.70. The molecular weight excluding hydrogens is 136 g/mol. The van der Waals surface area contributed by atoms with Crippen LogP contribution in [-0.2, 0) is 6.42 Å². The lowest BCUT2D eigenvalue weighted by Gasteiger charge is -2.06. The number of rotatable bonds is 2. The van der Waals surface area contributed by atoms with E-state index in [0.717, 1.165) is 6.04 Å². The van der Waals surface area contributed by atoms with E-state index in [2.05, 4.69) is 22.6 Å². The van der Waals surface area contributed by atoms with Crippen LogP contribution in [0.2, 0.25) is 0 Å². The summed E-state index contributed by atoms with van der Waals surface area (Å²) < 4.78 is 0. The zero-order valence-corrected chi connectivity index (χ0v) is 6.64. The van der Waals surface area contributed by atoms with Crippen LogP contribution in [0.25, 0.3) is 0 Å². The maximum Gasteiger partial charge on any atom is 0.0108 e. The van der Waals surface area contributed by atoms with Crippen molar-refractivity contribution in [2.45, 2.75) is 25.3 Å². The number of nitrogens with one attached hydrogen (secondary N) is 2. The first-order valence-corrected chi connectivity index (χ1v) is 4.30. The minimum absolute atomic E-state index is 0.728. The molecule has 1 aliphatic rings. The Labute approximate surface area is 67.0 Å². The van der Waals surface area contributed by atoms with Crippen molar-refractivity contribution in [1.29, 1.82) is 0 Å². The first-order valence-electron chi connectivity index (χ1n) is 4.30. The van der Waals surface area contributed by atoms with E-state index < -0.39 is 0 Å². The van der Waals surface area contributed by atoms with E-state index in [4.69, 9.17) is 0 Å². The first-order chi connectivity index (χ1) is 5.45. The van der Waals surface area contributed by atoms with Crippen molar-refractivity contribution < 1.29 is 0 Å². The molecule has 0 spiro atoms. The molecule has 1 aromatic rings. The van der Waals surface area contributed by atoms with Gasteiger partial charge in [0.15, 0.2) is 0 Å². The highest BCUT2D eigenvalue weighted by atomic mass is 14.9. The van der Waals surface area contributed by atoms with Gasteiger partial charge in [0.05, 0.1) is 0 Å². The second-order valence-electron chi connectivity index (χ2n) is 3.22. The van der Waals surface area contributed by atoms with E-state index in [1.54, 1.807) is 0 Å². The molecule has 1 aromatic heterocycles. The molecule has 0 radical (unpaired) electrons. The van der Waals surface area contributed by atoms with Gasteiger partial charge in [-0.15, -0.1) is 0 Å². The highest BCUT2D eigenvalue weighted by Crippen LogP contribution is 2.10. The molecule has 2 N–H and O–H groups in total. The molecule has 0 aromatic carbocycles. The monoisotopic (exact) mass is 150 g/mol. The van der Waals surface area contributed by atoms with Crippen LogP contribution in [0.1, 0.15) is 18.4 Å². The topological polar surface area (TPSA) is 27.8 Å². The molecule has 11 heavy (non-hydrogen) atoms. The summed E-state index contributed by atoms with van der Waals surface area (Å²) in [4.78, 5) is 3.08. The quantitative estimate of drug-likeness (QED) is 0.653. The van der Waals surface area contributed by atoms with E-state index in [9.17, 15) is 0 Å². The summed E-state index contributed by atoms with van der Waals surface area (Å²) in [5.74, 6) is 0. The Morgan fingerprint density at radius 3 is 3.18 bits per heavy atom. The van der Waals surface area contributed by atoms with Crippen LogP contribution in [0.4, 0.5) is 0 Å². The summed E-state index contributed by atoms with van der Waals surface area (Å²) in [7, 11) is 0. The lowest BCUT2D eigenvalue weighted by Crippen LogP contribution is -2.23. The Balaban J connectivity index is 1.90. The standard InChI is InChI=1S/C9H14N2/c1-2-9(11-4-1)6-8-3-5-10-7-8/h3,5,7,9-11H,1-2,4,6H2. The third-order valence-corrected chi connectivity index (χ3v) is 2.31. The van der Waals surface area contributed by atoms with E-state index >= 15 is 0 Å². The van der Waals surface area contributed by atoms with Gasteiger partial charge in [-0.25, -0.2) is 0 Å². The number of hydrogen-bond donors (Lipinski definition) is 2. The van der Waals surface area contributed by atoms with E-state index in [1.165, 1.54) is 31.4 Å². The van der Waals surface area contributed by atoms with Gasteiger partial charge in [0, 0.05) is 18.4 Å². The van der Waals surface area contributed by atoms with Crippen LogP contribution >= 0.6 is 0 Å². The van der Waals surface area contributed by atoms with Crippen molar-refractivity contribution in [3.8, 4) is 0 Å². The van der Waals surface area contributed by atoms with E-state index in [1.807, 2.05) is 6.20 Å². The van der Waals surface area contributed by atoms with Crippen LogP contribution in [0.5, 0.6) is 0 Å². The number of aromatic nitrogens is 1. The van der Waals surface area contributed by atoms with Crippen LogP contribution in [0.3, 0.4) is 0 Å². The molecule has 0 amide bonds. The minimum atomic E-state index is 0.728. The molecule has 1 unspecified atom stereocenters. The molecule has 60 valence electrons. The van der Waals surface area contributed by atoms with Gasteiger partial charge in [-0.1, -0.05) is 0 Å². The number of hydrogen-bond acceptors (Lipinski definition) is 1. The molecule has 1 aliphatic heterocycles. The lowest BCUT2D eigenvalue weighted by molar-refractivity contribution is 0.603. The molecule has 2 heteroatoms. The Kier molecular flexibility index (Phi) is 1.95. The van der Waals surface area contributed by atoms with Crippen LogP contribution < -0.4 is 5.32 Å². The predicted molar refractivity (Wildman–Crippen MR) is 45.5 cm³/mol. The van der Waals surface area contributed by atoms with Crippen LogP contribution in [0.15, 0.2) is 18.5 Å². The number of H-pyrrole nitrogens is 1. The molecule has 2 heterocycles. The molecule has 1 saturated heterocycles. The molecule has 0 saturated carbocycles. The Hall–Kier alpha value is -0.760. The maximum atomic E-state index is 3.48. The van der Waals surface area contributed by atoms with Gasteiger partial charge >= 0.3 is 0 Å².